The van der Waals surface area contributed by atoms with Crippen molar-refractivity contribution in [3.63, 3.8) is 0 Å². The van der Waals surface area contributed by atoms with Crippen LogP contribution in [0.5, 0.6) is 0 Å². The Morgan fingerprint density at radius 2 is 1.43 bits per heavy atom. The molecule has 0 aromatic heterocycles. The van der Waals surface area contributed by atoms with Crippen molar-refractivity contribution in [2.24, 2.45) is 4.40 Å². The average molecular weight is 549 g/mol. The highest BCUT2D eigenvalue weighted by atomic mass is 32.2. The van der Waals surface area contributed by atoms with E-state index in [9.17, 15) is 8.42 Å². The third-order valence-electron chi connectivity index (χ3n) is 5.39. The molecule has 0 bridgehead atoms. The summed E-state index contributed by atoms with van der Waals surface area (Å²) >= 11 is 0. The zero-order chi connectivity index (χ0) is 28.2. The summed E-state index contributed by atoms with van der Waals surface area (Å²) in [4.78, 5) is 0. The summed E-state index contributed by atoms with van der Waals surface area (Å²) in [6, 6.07) is 16.5. The molecule has 0 radical (unpaired) electrons. The van der Waals surface area contributed by atoms with E-state index >= 15 is 0 Å². The van der Waals surface area contributed by atoms with Gasteiger partial charge in [-0.05, 0) is 93.2 Å². The maximum Gasteiger partial charge on any atom is 0.145 e. The molecule has 208 valence electrons. The maximum atomic E-state index is 11.9. The zero-order valence-electron chi connectivity index (χ0n) is 24.5. The number of nitrogens with zero attached hydrogens (tertiary/aromatic N) is 1. The molecule has 0 saturated carbocycles. The lowest BCUT2D eigenvalue weighted by molar-refractivity contribution is 0.198. The first-order valence-electron chi connectivity index (χ1n) is 13.0. The average Bonchev–Trinajstić information content (AvgIpc) is 3.38. The number of aryl methyl sites for hydroxylation is 2. The van der Waals surface area contributed by atoms with Crippen LogP contribution in [0.15, 0.2) is 52.9 Å². The van der Waals surface area contributed by atoms with E-state index in [1.165, 1.54) is 29.5 Å². The number of hydrogen-bond donors (Lipinski definition) is 1. The van der Waals surface area contributed by atoms with Gasteiger partial charge >= 0.3 is 0 Å². The van der Waals surface area contributed by atoms with Gasteiger partial charge < -0.3 is 4.74 Å². The van der Waals surface area contributed by atoms with E-state index in [0.717, 1.165) is 24.5 Å². The van der Waals surface area contributed by atoms with Crippen molar-refractivity contribution < 1.29 is 13.2 Å². The second kappa shape index (κ2) is 15.7. The molecule has 0 aliphatic carbocycles. The fourth-order valence-corrected chi connectivity index (χ4v) is 4.48. The van der Waals surface area contributed by atoms with Gasteiger partial charge in [0, 0.05) is 19.3 Å². The molecular formula is C30H48N2O3S2. The van der Waals surface area contributed by atoms with Crippen molar-refractivity contribution in [3.8, 4) is 0 Å². The van der Waals surface area contributed by atoms with Crippen molar-refractivity contribution in [1.29, 1.82) is 0 Å². The van der Waals surface area contributed by atoms with E-state index in [2.05, 4.69) is 40.3 Å². The third-order valence-corrected chi connectivity index (χ3v) is 8.56. The Labute approximate surface area is 231 Å². The van der Waals surface area contributed by atoms with Crippen LogP contribution in [0.4, 0.5) is 0 Å². The minimum absolute atomic E-state index is 0.111. The number of benzene rings is 2. The molecule has 0 amide bonds. The highest BCUT2D eigenvalue weighted by Crippen LogP contribution is 2.18. The molecule has 2 aromatic rings. The molecule has 3 rings (SSSR count). The first-order chi connectivity index (χ1) is 17.1. The fraction of sp³-hybridized carbons (Fsp3) is 0.567. The molecule has 1 N–H and O–H groups in total. The molecular weight excluding hydrogens is 500 g/mol. The molecule has 1 heterocycles. The van der Waals surface area contributed by atoms with Crippen molar-refractivity contribution in [3.05, 3.63) is 70.8 Å². The summed E-state index contributed by atoms with van der Waals surface area (Å²) in [7, 11) is -2.21. The lowest BCUT2D eigenvalue weighted by Crippen LogP contribution is -2.34. The van der Waals surface area contributed by atoms with Crippen LogP contribution in [0.25, 0.3) is 0 Å². The van der Waals surface area contributed by atoms with E-state index in [-0.39, 0.29) is 15.5 Å². The van der Waals surface area contributed by atoms with E-state index in [1.807, 2.05) is 86.6 Å². The molecule has 1 saturated heterocycles. The minimum Gasteiger partial charge on any atom is -0.381 e. The van der Waals surface area contributed by atoms with Crippen LogP contribution in [0.2, 0.25) is 0 Å². The van der Waals surface area contributed by atoms with Gasteiger partial charge in [0.25, 0.3) is 0 Å². The van der Waals surface area contributed by atoms with E-state index in [1.54, 1.807) is 0 Å². The van der Waals surface area contributed by atoms with E-state index in [4.69, 9.17) is 4.74 Å². The predicted octanol–water partition coefficient (Wildman–Crippen LogP) is 7.17. The van der Waals surface area contributed by atoms with Gasteiger partial charge in [-0.15, -0.1) is 0 Å². The molecule has 1 aliphatic rings. The molecule has 2 aromatic carbocycles. The molecule has 0 spiro atoms. The van der Waals surface area contributed by atoms with Crippen molar-refractivity contribution in [2.75, 3.05) is 13.2 Å². The predicted molar refractivity (Wildman–Crippen MR) is 162 cm³/mol. The summed E-state index contributed by atoms with van der Waals surface area (Å²) in [5.41, 5.74) is 5.47. The van der Waals surface area contributed by atoms with Crippen LogP contribution >= 0.6 is 0 Å². The summed E-state index contributed by atoms with van der Waals surface area (Å²) < 4.78 is 35.6. The lowest BCUT2D eigenvalue weighted by Gasteiger charge is -2.22. The summed E-state index contributed by atoms with van der Waals surface area (Å²) in [6.45, 7) is 21.7. The highest BCUT2D eigenvalue weighted by Gasteiger charge is 2.21. The van der Waals surface area contributed by atoms with Gasteiger partial charge in [0.15, 0.2) is 0 Å². The molecule has 3 atom stereocenters. The van der Waals surface area contributed by atoms with Crippen LogP contribution in [0.3, 0.4) is 0 Å². The zero-order valence-corrected chi connectivity index (χ0v) is 26.1. The van der Waals surface area contributed by atoms with Crippen molar-refractivity contribution >= 4 is 27.7 Å². The second-order valence-electron chi connectivity index (χ2n) is 11.4. The van der Waals surface area contributed by atoms with E-state index < -0.39 is 22.0 Å². The highest BCUT2D eigenvalue weighted by molar-refractivity contribution is 7.85. The number of ether oxygens (including phenoxy) is 1. The van der Waals surface area contributed by atoms with Crippen LogP contribution in [-0.4, -0.2) is 36.8 Å². The maximum absolute atomic E-state index is 11.9. The van der Waals surface area contributed by atoms with E-state index in [0.29, 0.717) is 0 Å². The normalized spacial score (nSPS) is 16.5. The lowest BCUT2D eigenvalue weighted by atomic mass is 10.1. The van der Waals surface area contributed by atoms with Gasteiger partial charge in [-0.3, -0.25) is 0 Å². The quantitative estimate of drug-likeness (QED) is 0.403. The third kappa shape index (κ3) is 13.6. The smallest absolute Gasteiger partial charge is 0.145 e. The Morgan fingerprint density at radius 1 is 0.892 bits per heavy atom. The number of rotatable bonds is 5. The summed E-state index contributed by atoms with van der Waals surface area (Å²) in [6.07, 6.45) is 2.56. The Balaban J connectivity index is 0.000000311. The van der Waals surface area contributed by atoms with Crippen LogP contribution in [-0.2, 0) is 26.7 Å². The van der Waals surface area contributed by atoms with Crippen LogP contribution < -0.4 is 4.72 Å². The van der Waals surface area contributed by atoms with Crippen molar-refractivity contribution in [2.45, 2.75) is 97.6 Å². The van der Waals surface area contributed by atoms with Gasteiger partial charge in [0.2, 0.25) is 0 Å². The summed E-state index contributed by atoms with van der Waals surface area (Å²) in [5.74, 6) is 0. The van der Waals surface area contributed by atoms with Gasteiger partial charge in [0.1, 0.15) is 11.0 Å². The van der Waals surface area contributed by atoms with Gasteiger partial charge in [0.05, 0.1) is 26.2 Å². The minimum atomic E-state index is -1.19. The first kappa shape index (κ1) is 33.4. The second-order valence-corrected chi connectivity index (χ2v) is 15.3. The Morgan fingerprint density at radius 3 is 1.86 bits per heavy atom. The van der Waals surface area contributed by atoms with Gasteiger partial charge in [-0.2, -0.15) is 4.40 Å². The standard InChI is InChI=1S/C13H21NOS.C13H19NOS.C4H8O/c2*1-10-7-6-8-12(9-10)11(2)14-16(15)13(3,4)5;1-2-4-5-3-1/h6-9,11,14H,1-5H3;6-9H,1-5H3;1-4H2/t11-,16+;16-;/m01./s1. The topological polar surface area (TPSA) is 67.8 Å². The fourth-order valence-electron chi connectivity index (χ4n) is 3.04. The Bertz CT molecular complexity index is 1040. The van der Waals surface area contributed by atoms with Gasteiger partial charge in [-0.25, -0.2) is 13.1 Å². The SMILES string of the molecule is C1CCOC1.CC(=N[S@](=O)C(C)(C)C)c1cccc(C)c1.Cc1cccc([C@H](C)N[S@](=O)C(C)(C)C)c1. The van der Waals surface area contributed by atoms with Crippen LogP contribution in [0.1, 0.15) is 96.5 Å². The summed E-state index contributed by atoms with van der Waals surface area (Å²) in [5, 5.41) is 0. The van der Waals surface area contributed by atoms with Crippen LogP contribution in [0, 0.1) is 13.8 Å². The molecule has 7 heteroatoms. The largest absolute Gasteiger partial charge is 0.381 e. The van der Waals surface area contributed by atoms with Gasteiger partial charge in [-0.1, -0.05) is 59.7 Å². The number of nitrogens with one attached hydrogen (secondary N) is 1. The monoisotopic (exact) mass is 548 g/mol. The Hall–Kier alpha value is -1.67. The molecule has 5 nitrogen and oxygen atoms in total. The molecule has 1 fully saturated rings. The molecule has 1 aliphatic heterocycles. The first-order valence-corrected chi connectivity index (χ1v) is 15.2. The number of hydrogen-bond acceptors (Lipinski definition) is 3. The molecule has 0 unspecified atom stereocenters. The molecule has 37 heavy (non-hydrogen) atoms. The van der Waals surface area contributed by atoms with Crippen molar-refractivity contribution in [1.82, 2.24) is 4.72 Å². The Kier molecular flexibility index (Phi) is 14.1.